The Morgan fingerprint density at radius 1 is 0.958 bits per heavy atom. The number of carbonyl (C=O) groups excluding carboxylic acids is 1. The molecule has 2 aromatic carbocycles. The van der Waals surface area contributed by atoms with Crippen LogP contribution in [0.1, 0.15) is 16.7 Å². The number of aromatic amines is 1. The smallest absolute Gasteiger partial charge is 0.314 e. The SMILES string of the molecule is Cc1ccc(CCNC(=O)NCCc2cccc3[nH]ccc23)cc1. The molecule has 4 heteroatoms. The largest absolute Gasteiger partial charge is 0.361 e. The van der Waals surface area contributed by atoms with Gasteiger partial charge in [0.2, 0.25) is 0 Å². The van der Waals surface area contributed by atoms with Crippen molar-refractivity contribution in [1.82, 2.24) is 15.6 Å². The van der Waals surface area contributed by atoms with E-state index in [1.165, 1.54) is 22.1 Å². The van der Waals surface area contributed by atoms with Crippen LogP contribution in [-0.2, 0) is 12.8 Å². The van der Waals surface area contributed by atoms with Crippen molar-refractivity contribution in [1.29, 1.82) is 0 Å². The van der Waals surface area contributed by atoms with Crippen molar-refractivity contribution in [2.24, 2.45) is 0 Å². The number of aryl methyl sites for hydroxylation is 1. The molecule has 0 atom stereocenters. The summed E-state index contributed by atoms with van der Waals surface area (Å²) in [4.78, 5) is 15.1. The molecule has 0 radical (unpaired) electrons. The third kappa shape index (κ3) is 4.16. The average molecular weight is 321 g/mol. The number of rotatable bonds is 6. The predicted octanol–water partition coefficient (Wildman–Crippen LogP) is 3.56. The van der Waals surface area contributed by atoms with Crippen molar-refractivity contribution in [3.05, 3.63) is 71.4 Å². The molecule has 1 heterocycles. The molecule has 124 valence electrons. The molecule has 0 saturated heterocycles. The van der Waals surface area contributed by atoms with Gasteiger partial charge in [0, 0.05) is 30.2 Å². The maximum atomic E-state index is 11.9. The Balaban J connectivity index is 1.39. The summed E-state index contributed by atoms with van der Waals surface area (Å²) in [5.74, 6) is 0. The first kappa shape index (κ1) is 16.1. The van der Waals surface area contributed by atoms with Gasteiger partial charge in [-0.2, -0.15) is 0 Å². The molecule has 24 heavy (non-hydrogen) atoms. The summed E-state index contributed by atoms with van der Waals surface area (Å²) in [6.45, 7) is 3.34. The van der Waals surface area contributed by atoms with E-state index in [4.69, 9.17) is 0 Å². The molecular formula is C20H23N3O. The molecule has 0 aliphatic rings. The zero-order valence-electron chi connectivity index (χ0n) is 13.9. The summed E-state index contributed by atoms with van der Waals surface area (Å²) in [5, 5.41) is 7.05. The highest BCUT2D eigenvalue weighted by Crippen LogP contribution is 2.17. The van der Waals surface area contributed by atoms with E-state index in [0.29, 0.717) is 13.1 Å². The molecule has 0 aliphatic heterocycles. The van der Waals surface area contributed by atoms with Gasteiger partial charge in [0.1, 0.15) is 0 Å². The van der Waals surface area contributed by atoms with Gasteiger partial charge in [0.05, 0.1) is 0 Å². The van der Waals surface area contributed by atoms with E-state index in [-0.39, 0.29) is 6.03 Å². The topological polar surface area (TPSA) is 56.9 Å². The summed E-state index contributed by atoms with van der Waals surface area (Å²) in [6.07, 6.45) is 3.61. The highest BCUT2D eigenvalue weighted by Gasteiger charge is 2.03. The zero-order valence-corrected chi connectivity index (χ0v) is 13.9. The minimum Gasteiger partial charge on any atom is -0.361 e. The van der Waals surface area contributed by atoms with Gasteiger partial charge in [-0.1, -0.05) is 42.0 Å². The second-order valence-electron chi connectivity index (χ2n) is 6.02. The molecule has 0 fully saturated rings. The molecule has 0 bridgehead atoms. The van der Waals surface area contributed by atoms with Gasteiger partial charge in [-0.15, -0.1) is 0 Å². The summed E-state index contributed by atoms with van der Waals surface area (Å²) >= 11 is 0. The second-order valence-corrected chi connectivity index (χ2v) is 6.02. The molecular weight excluding hydrogens is 298 g/mol. The molecule has 2 amide bonds. The highest BCUT2D eigenvalue weighted by molar-refractivity contribution is 5.83. The van der Waals surface area contributed by atoms with Crippen molar-refractivity contribution < 1.29 is 4.79 Å². The fourth-order valence-corrected chi connectivity index (χ4v) is 2.82. The van der Waals surface area contributed by atoms with Gasteiger partial charge in [0.15, 0.2) is 0 Å². The molecule has 0 unspecified atom stereocenters. The van der Waals surface area contributed by atoms with Gasteiger partial charge in [-0.05, 0) is 43.0 Å². The maximum absolute atomic E-state index is 11.9. The second kappa shape index (κ2) is 7.68. The van der Waals surface area contributed by atoms with Crippen LogP contribution >= 0.6 is 0 Å². The normalized spacial score (nSPS) is 10.7. The lowest BCUT2D eigenvalue weighted by atomic mass is 10.1. The summed E-state index contributed by atoms with van der Waals surface area (Å²) in [7, 11) is 0. The molecule has 1 aromatic heterocycles. The Morgan fingerprint density at radius 2 is 1.71 bits per heavy atom. The first-order chi connectivity index (χ1) is 11.7. The van der Waals surface area contributed by atoms with E-state index in [1.54, 1.807) is 0 Å². The van der Waals surface area contributed by atoms with Crippen molar-refractivity contribution in [2.45, 2.75) is 19.8 Å². The number of H-pyrrole nitrogens is 1. The Morgan fingerprint density at radius 3 is 2.50 bits per heavy atom. The van der Waals surface area contributed by atoms with Crippen LogP contribution in [0.3, 0.4) is 0 Å². The van der Waals surface area contributed by atoms with E-state index in [9.17, 15) is 4.79 Å². The fourth-order valence-electron chi connectivity index (χ4n) is 2.82. The van der Waals surface area contributed by atoms with E-state index in [1.807, 2.05) is 12.3 Å². The summed E-state index contributed by atoms with van der Waals surface area (Å²) in [5.41, 5.74) is 4.87. The van der Waals surface area contributed by atoms with Crippen molar-refractivity contribution >= 4 is 16.9 Å². The number of aromatic nitrogens is 1. The van der Waals surface area contributed by atoms with Crippen LogP contribution in [0.2, 0.25) is 0 Å². The predicted molar refractivity (Wildman–Crippen MR) is 98.3 cm³/mol. The number of hydrogen-bond acceptors (Lipinski definition) is 1. The summed E-state index contributed by atoms with van der Waals surface area (Å²) in [6, 6.07) is 16.6. The third-order valence-corrected chi connectivity index (χ3v) is 4.18. The monoisotopic (exact) mass is 321 g/mol. The van der Waals surface area contributed by atoms with Gasteiger partial charge >= 0.3 is 6.03 Å². The lowest BCUT2D eigenvalue weighted by molar-refractivity contribution is 0.241. The molecule has 3 rings (SSSR count). The lowest BCUT2D eigenvalue weighted by Gasteiger charge is -2.08. The van der Waals surface area contributed by atoms with Gasteiger partial charge in [-0.25, -0.2) is 4.79 Å². The van der Waals surface area contributed by atoms with Gasteiger partial charge < -0.3 is 15.6 Å². The Labute approximate surface area is 142 Å². The minimum absolute atomic E-state index is 0.108. The maximum Gasteiger partial charge on any atom is 0.314 e. The molecule has 0 saturated carbocycles. The van der Waals surface area contributed by atoms with Crippen LogP contribution in [0.25, 0.3) is 10.9 Å². The Hall–Kier alpha value is -2.75. The number of nitrogens with one attached hydrogen (secondary N) is 3. The molecule has 0 spiro atoms. The van der Waals surface area contributed by atoms with Crippen molar-refractivity contribution in [2.75, 3.05) is 13.1 Å². The van der Waals surface area contributed by atoms with E-state index in [2.05, 4.69) is 65.0 Å². The molecule has 3 N–H and O–H groups in total. The average Bonchev–Trinajstić information content (AvgIpc) is 3.06. The van der Waals surface area contributed by atoms with Gasteiger partial charge in [0.25, 0.3) is 0 Å². The standard InChI is InChI=1S/C20H23N3O/c1-15-5-7-16(8-6-15)9-12-22-20(24)23-13-10-17-3-2-4-19-18(17)11-14-21-19/h2-8,11,14,21H,9-10,12-13H2,1H3,(H2,22,23,24). The van der Waals surface area contributed by atoms with Crippen LogP contribution in [0, 0.1) is 6.92 Å². The highest BCUT2D eigenvalue weighted by atomic mass is 16.2. The first-order valence-electron chi connectivity index (χ1n) is 8.34. The van der Waals surface area contributed by atoms with Crippen LogP contribution in [0.15, 0.2) is 54.7 Å². The van der Waals surface area contributed by atoms with Crippen LogP contribution in [-0.4, -0.2) is 24.1 Å². The third-order valence-electron chi connectivity index (χ3n) is 4.18. The lowest BCUT2D eigenvalue weighted by Crippen LogP contribution is -2.37. The van der Waals surface area contributed by atoms with E-state index < -0.39 is 0 Å². The fraction of sp³-hybridized carbons (Fsp3) is 0.250. The van der Waals surface area contributed by atoms with Gasteiger partial charge in [-0.3, -0.25) is 0 Å². The first-order valence-corrected chi connectivity index (χ1v) is 8.34. The zero-order chi connectivity index (χ0) is 16.8. The number of fused-ring (bicyclic) bond motifs is 1. The number of hydrogen-bond donors (Lipinski definition) is 3. The quantitative estimate of drug-likeness (QED) is 0.639. The van der Waals surface area contributed by atoms with Crippen LogP contribution in [0.4, 0.5) is 4.79 Å². The molecule has 4 nitrogen and oxygen atoms in total. The van der Waals surface area contributed by atoms with E-state index in [0.717, 1.165) is 18.4 Å². The van der Waals surface area contributed by atoms with E-state index >= 15 is 0 Å². The minimum atomic E-state index is -0.108. The number of benzene rings is 2. The van der Waals surface area contributed by atoms with Crippen molar-refractivity contribution in [3.8, 4) is 0 Å². The number of amides is 2. The summed E-state index contributed by atoms with van der Waals surface area (Å²) < 4.78 is 0. The molecule has 3 aromatic rings. The van der Waals surface area contributed by atoms with Crippen molar-refractivity contribution in [3.63, 3.8) is 0 Å². The van der Waals surface area contributed by atoms with Crippen LogP contribution < -0.4 is 10.6 Å². The molecule has 0 aliphatic carbocycles. The Kier molecular flexibility index (Phi) is 5.16. The Bertz CT molecular complexity index is 805. The van der Waals surface area contributed by atoms with Crippen LogP contribution in [0.5, 0.6) is 0 Å². The number of urea groups is 1. The number of carbonyl (C=O) groups is 1.